The van der Waals surface area contributed by atoms with E-state index in [1.807, 2.05) is 0 Å². The van der Waals surface area contributed by atoms with Gasteiger partial charge < -0.3 is 10.1 Å². The summed E-state index contributed by atoms with van der Waals surface area (Å²) in [6.07, 6.45) is 3.35. The molecular weight excluding hydrogens is 296 g/mol. The van der Waals surface area contributed by atoms with Gasteiger partial charge in [-0.15, -0.1) is 0 Å². The highest BCUT2D eigenvalue weighted by atomic mass is 32.2. The van der Waals surface area contributed by atoms with Gasteiger partial charge in [0, 0.05) is 44.2 Å². The van der Waals surface area contributed by atoms with E-state index in [2.05, 4.69) is 15.3 Å². The number of nitrogens with one attached hydrogen (secondary N) is 1. The molecule has 0 fully saturated rings. The summed E-state index contributed by atoms with van der Waals surface area (Å²) in [7, 11) is 1.64. The van der Waals surface area contributed by atoms with E-state index in [9.17, 15) is 8.78 Å². The van der Waals surface area contributed by atoms with Crippen LogP contribution in [-0.2, 0) is 11.3 Å². The van der Waals surface area contributed by atoms with Crippen LogP contribution in [0.15, 0.2) is 40.6 Å². The number of hydrogen-bond donors (Lipinski definition) is 1. The number of rotatable bonds is 7. The SMILES string of the molecule is COCCNCc1cnc(Sc2ccc(F)cc2F)nc1. The van der Waals surface area contributed by atoms with Crippen molar-refractivity contribution < 1.29 is 13.5 Å². The zero-order chi connectivity index (χ0) is 15.1. The molecule has 4 nitrogen and oxygen atoms in total. The van der Waals surface area contributed by atoms with Crippen molar-refractivity contribution in [1.82, 2.24) is 15.3 Å². The number of aromatic nitrogens is 2. The van der Waals surface area contributed by atoms with Crippen LogP contribution in [0.2, 0.25) is 0 Å². The first-order chi connectivity index (χ1) is 10.2. The quantitative estimate of drug-likeness (QED) is 0.629. The van der Waals surface area contributed by atoms with Crippen molar-refractivity contribution in [3.63, 3.8) is 0 Å². The molecule has 2 aromatic rings. The summed E-state index contributed by atoms with van der Waals surface area (Å²) < 4.78 is 31.3. The van der Waals surface area contributed by atoms with Gasteiger partial charge in [-0.2, -0.15) is 0 Å². The van der Waals surface area contributed by atoms with Crippen LogP contribution >= 0.6 is 11.8 Å². The van der Waals surface area contributed by atoms with Crippen LogP contribution in [0.3, 0.4) is 0 Å². The second-order valence-corrected chi connectivity index (χ2v) is 5.23. The number of benzene rings is 1. The molecule has 0 saturated heterocycles. The number of halogens is 2. The van der Waals surface area contributed by atoms with Gasteiger partial charge in [0.05, 0.1) is 11.5 Å². The van der Waals surface area contributed by atoms with Crippen LogP contribution in [0.4, 0.5) is 8.78 Å². The molecule has 1 aromatic heterocycles. The van der Waals surface area contributed by atoms with Gasteiger partial charge >= 0.3 is 0 Å². The Labute approximate surface area is 126 Å². The van der Waals surface area contributed by atoms with Crippen LogP contribution in [0.25, 0.3) is 0 Å². The average molecular weight is 311 g/mol. The lowest BCUT2D eigenvalue weighted by atomic mass is 10.3. The second kappa shape index (κ2) is 8.02. The first-order valence-corrected chi connectivity index (χ1v) is 7.14. The van der Waals surface area contributed by atoms with Gasteiger partial charge in [0.25, 0.3) is 0 Å². The Morgan fingerprint density at radius 2 is 2.00 bits per heavy atom. The molecular formula is C14H15F2N3OS. The van der Waals surface area contributed by atoms with Crippen molar-refractivity contribution in [3.8, 4) is 0 Å². The summed E-state index contributed by atoms with van der Waals surface area (Å²) in [6, 6.07) is 3.43. The van der Waals surface area contributed by atoms with Crippen LogP contribution in [0, 0.1) is 11.6 Å². The zero-order valence-corrected chi connectivity index (χ0v) is 12.3. The van der Waals surface area contributed by atoms with E-state index in [-0.39, 0.29) is 0 Å². The fraction of sp³-hybridized carbons (Fsp3) is 0.286. The van der Waals surface area contributed by atoms with Crippen LogP contribution in [-0.4, -0.2) is 30.2 Å². The van der Waals surface area contributed by atoms with E-state index in [0.717, 1.165) is 29.9 Å². The molecule has 7 heteroatoms. The highest BCUT2D eigenvalue weighted by Gasteiger charge is 2.07. The third kappa shape index (κ3) is 5.04. The molecule has 0 saturated carbocycles. The maximum absolute atomic E-state index is 13.5. The van der Waals surface area contributed by atoms with Crippen molar-refractivity contribution in [2.75, 3.05) is 20.3 Å². The largest absolute Gasteiger partial charge is 0.383 e. The highest BCUT2D eigenvalue weighted by Crippen LogP contribution is 2.27. The van der Waals surface area contributed by atoms with Gasteiger partial charge in [-0.1, -0.05) is 0 Å². The Bertz CT molecular complexity index is 581. The highest BCUT2D eigenvalue weighted by molar-refractivity contribution is 7.99. The minimum atomic E-state index is -0.617. The molecule has 112 valence electrons. The molecule has 2 rings (SSSR count). The van der Waals surface area contributed by atoms with Crippen molar-refractivity contribution in [2.45, 2.75) is 16.6 Å². The molecule has 0 radical (unpaired) electrons. The number of ether oxygens (including phenoxy) is 1. The fourth-order valence-corrected chi connectivity index (χ4v) is 2.25. The van der Waals surface area contributed by atoms with Gasteiger partial charge in [-0.05, 0) is 23.9 Å². The van der Waals surface area contributed by atoms with Gasteiger partial charge in [-0.25, -0.2) is 18.7 Å². The summed E-state index contributed by atoms with van der Waals surface area (Å²) in [5.41, 5.74) is 0.926. The van der Waals surface area contributed by atoms with E-state index < -0.39 is 11.6 Å². The van der Waals surface area contributed by atoms with E-state index in [4.69, 9.17) is 4.74 Å². The van der Waals surface area contributed by atoms with Crippen molar-refractivity contribution in [2.24, 2.45) is 0 Å². The summed E-state index contributed by atoms with van der Waals surface area (Å²) >= 11 is 1.06. The minimum Gasteiger partial charge on any atom is -0.383 e. The van der Waals surface area contributed by atoms with Crippen LogP contribution < -0.4 is 5.32 Å². The van der Waals surface area contributed by atoms with Crippen LogP contribution in [0.5, 0.6) is 0 Å². The third-order valence-electron chi connectivity index (χ3n) is 2.59. The topological polar surface area (TPSA) is 47.0 Å². The van der Waals surface area contributed by atoms with Gasteiger partial charge in [0.15, 0.2) is 5.16 Å². The molecule has 1 aromatic carbocycles. The summed E-state index contributed by atoms with van der Waals surface area (Å²) in [6.45, 7) is 2.02. The monoisotopic (exact) mass is 311 g/mol. The second-order valence-electron chi connectivity index (χ2n) is 4.22. The number of hydrogen-bond acceptors (Lipinski definition) is 5. The molecule has 1 N–H and O–H groups in total. The Morgan fingerprint density at radius 1 is 1.24 bits per heavy atom. The summed E-state index contributed by atoms with van der Waals surface area (Å²) in [5.74, 6) is -1.22. The normalized spacial score (nSPS) is 10.8. The predicted octanol–water partition coefficient (Wildman–Crippen LogP) is 2.64. The maximum atomic E-state index is 13.5. The molecule has 0 unspecified atom stereocenters. The first kappa shape index (κ1) is 15.8. The zero-order valence-electron chi connectivity index (χ0n) is 11.5. The number of nitrogens with zero attached hydrogens (tertiary/aromatic N) is 2. The summed E-state index contributed by atoms with van der Waals surface area (Å²) in [5, 5.41) is 3.59. The maximum Gasteiger partial charge on any atom is 0.192 e. The Balaban J connectivity index is 1.92. The third-order valence-corrected chi connectivity index (χ3v) is 3.53. The first-order valence-electron chi connectivity index (χ1n) is 6.32. The van der Waals surface area contributed by atoms with Crippen molar-refractivity contribution in [3.05, 3.63) is 47.8 Å². The van der Waals surface area contributed by atoms with Crippen LogP contribution in [0.1, 0.15) is 5.56 Å². The van der Waals surface area contributed by atoms with Gasteiger partial charge in [-0.3, -0.25) is 0 Å². The minimum absolute atomic E-state index is 0.294. The molecule has 0 atom stereocenters. The Morgan fingerprint density at radius 3 is 2.67 bits per heavy atom. The molecule has 0 aliphatic carbocycles. The molecule has 0 spiro atoms. The summed E-state index contributed by atoms with van der Waals surface area (Å²) in [4.78, 5) is 8.61. The van der Waals surface area contributed by atoms with E-state index in [1.54, 1.807) is 19.5 Å². The number of methoxy groups -OCH3 is 1. The standard InChI is InChI=1S/C14H15F2N3OS/c1-20-5-4-17-7-10-8-18-14(19-9-10)21-13-3-2-11(15)6-12(13)16/h2-3,6,8-9,17H,4-5,7H2,1H3. The van der Waals surface area contributed by atoms with E-state index in [1.165, 1.54) is 12.1 Å². The van der Waals surface area contributed by atoms with Crippen molar-refractivity contribution in [1.29, 1.82) is 0 Å². The smallest absolute Gasteiger partial charge is 0.192 e. The fourth-order valence-electron chi connectivity index (χ4n) is 1.55. The molecule has 1 heterocycles. The molecule has 21 heavy (non-hydrogen) atoms. The molecule has 0 amide bonds. The molecule has 0 bridgehead atoms. The molecule has 0 aliphatic rings. The molecule has 0 aliphatic heterocycles. The van der Waals surface area contributed by atoms with Gasteiger partial charge in [0.2, 0.25) is 0 Å². The van der Waals surface area contributed by atoms with E-state index >= 15 is 0 Å². The van der Waals surface area contributed by atoms with Crippen molar-refractivity contribution >= 4 is 11.8 Å². The average Bonchev–Trinajstić information content (AvgIpc) is 2.48. The lowest BCUT2D eigenvalue weighted by Gasteiger charge is -2.05. The lowest BCUT2D eigenvalue weighted by Crippen LogP contribution is -2.18. The predicted molar refractivity (Wildman–Crippen MR) is 76.1 cm³/mol. The van der Waals surface area contributed by atoms with E-state index in [0.29, 0.717) is 23.2 Å². The Hall–Kier alpha value is -1.57. The van der Waals surface area contributed by atoms with Gasteiger partial charge in [0.1, 0.15) is 11.6 Å². The Kier molecular flexibility index (Phi) is 6.04. The lowest BCUT2D eigenvalue weighted by molar-refractivity contribution is 0.199.